The van der Waals surface area contributed by atoms with Crippen molar-refractivity contribution >= 4 is 5.57 Å². The maximum absolute atomic E-state index is 14.8. The van der Waals surface area contributed by atoms with Crippen LogP contribution in [0.25, 0.3) is 5.57 Å². The summed E-state index contributed by atoms with van der Waals surface area (Å²) in [6.45, 7) is 18.4. The second-order valence-electron chi connectivity index (χ2n) is 8.74. The molecule has 2 atom stereocenters. The van der Waals surface area contributed by atoms with Gasteiger partial charge in [-0.2, -0.15) is 0 Å². The normalized spacial score (nSPS) is 23.7. The van der Waals surface area contributed by atoms with Crippen LogP contribution in [0.5, 0.6) is 0 Å². The molecular weight excluding hydrogens is 297 g/mol. The standard InChI is InChI=1S/C22H30FN/c1-14-7-8-18-16(3)19(10-9-17(14)18)20-12-24(13-21(20)23)15(2)11-22(4,5)6/h9-10,20-21H,1-2,7-8,11-13H2,3-6H3. The van der Waals surface area contributed by atoms with E-state index in [1.54, 1.807) is 0 Å². The molecule has 1 aromatic rings. The van der Waals surface area contributed by atoms with Gasteiger partial charge in [-0.05, 0) is 59.4 Å². The monoisotopic (exact) mass is 327 g/mol. The van der Waals surface area contributed by atoms with Crippen molar-refractivity contribution in [2.75, 3.05) is 13.1 Å². The summed E-state index contributed by atoms with van der Waals surface area (Å²) in [6, 6.07) is 4.30. The first-order valence-corrected chi connectivity index (χ1v) is 9.04. The highest BCUT2D eigenvalue weighted by Crippen LogP contribution is 2.40. The van der Waals surface area contributed by atoms with Crippen LogP contribution in [-0.4, -0.2) is 24.2 Å². The molecule has 2 heteroatoms. The Morgan fingerprint density at radius 2 is 1.96 bits per heavy atom. The van der Waals surface area contributed by atoms with Gasteiger partial charge in [-0.3, -0.25) is 0 Å². The van der Waals surface area contributed by atoms with Crippen molar-refractivity contribution in [1.82, 2.24) is 4.90 Å². The highest BCUT2D eigenvalue weighted by atomic mass is 19.1. The molecule has 1 aromatic carbocycles. The first-order chi connectivity index (χ1) is 11.2. The van der Waals surface area contributed by atoms with Gasteiger partial charge in [-0.25, -0.2) is 4.39 Å². The van der Waals surface area contributed by atoms with Crippen LogP contribution in [0, 0.1) is 12.3 Å². The molecule has 0 bridgehead atoms. The number of benzene rings is 1. The predicted molar refractivity (Wildman–Crippen MR) is 101 cm³/mol. The highest BCUT2D eigenvalue weighted by molar-refractivity contribution is 5.72. The zero-order chi connectivity index (χ0) is 17.6. The number of nitrogens with zero attached hydrogens (tertiary/aromatic N) is 1. The van der Waals surface area contributed by atoms with Crippen LogP contribution in [0.1, 0.15) is 61.8 Å². The second-order valence-corrected chi connectivity index (χ2v) is 8.74. The van der Waals surface area contributed by atoms with Gasteiger partial charge in [0.05, 0.1) is 0 Å². The molecule has 1 nitrogen and oxygen atoms in total. The molecule has 0 spiro atoms. The first-order valence-electron chi connectivity index (χ1n) is 9.04. The Hall–Kier alpha value is -1.57. The lowest BCUT2D eigenvalue weighted by Gasteiger charge is -2.27. The Morgan fingerprint density at radius 1 is 1.25 bits per heavy atom. The van der Waals surface area contributed by atoms with Gasteiger partial charge in [0.1, 0.15) is 6.17 Å². The van der Waals surface area contributed by atoms with Crippen molar-refractivity contribution in [2.24, 2.45) is 5.41 Å². The van der Waals surface area contributed by atoms with Crippen LogP contribution >= 0.6 is 0 Å². The van der Waals surface area contributed by atoms with Crippen LogP contribution in [0.4, 0.5) is 4.39 Å². The number of fused-ring (bicyclic) bond motifs is 1. The molecule has 24 heavy (non-hydrogen) atoms. The lowest BCUT2D eigenvalue weighted by atomic mass is 9.88. The van der Waals surface area contributed by atoms with Crippen molar-refractivity contribution in [3.05, 3.63) is 53.2 Å². The highest BCUT2D eigenvalue weighted by Gasteiger charge is 2.36. The van der Waals surface area contributed by atoms with Crippen molar-refractivity contribution < 1.29 is 4.39 Å². The maximum atomic E-state index is 14.8. The summed E-state index contributed by atoms with van der Waals surface area (Å²) in [5, 5.41) is 0. The largest absolute Gasteiger partial charge is 0.372 e. The van der Waals surface area contributed by atoms with E-state index in [1.165, 1.54) is 27.8 Å². The fraction of sp³-hybridized carbons (Fsp3) is 0.545. The van der Waals surface area contributed by atoms with Crippen molar-refractivity contribution in [2.45, 2.75) is 59.0 Å². The first kappa shape index (κ1) is 17.3. The topological polar surface area (TPSA) is 3.24 Å². The molecule has 0 saturated carbocycles. The van der Waals surface area contributed by atoms with Gasteiger partial charge >= 0.3 is 0 Å². The van der Waals surface area contributed by atoms with Crippen molar-refractivity contribution in [1.29, 1.82) is 0 Å². The lowest BCUT2D eigenvalue weighted by molar-refractivity contribution is 0.292. The molecule has 0 radical (unpaired) electrons. The average Bonchev–Trinajstić information content (AvgIpc) is 3.02. The molecule has 1 heterocycles. The van der Waals surface area contributed by atoms with E-state index in [4.69, 9.17) is 0 Å². The minimum absolute atomic E-state index is 0.0408. The molecule has 1 aliphatic carbocycles. The molecule has 0 aromatic heterocycles. The van der Waals surface area contributed by atoms with Gasteiger partial charge in [0.25, 0.3) is 0 Å². The fourth-order valence-electron chi connectivity index (χ4n) is 4.28. The van der Waals surface area contributed by atoms with Gasteiger partial charge in [0.2, 0.25) is 0 Å². The fourth-order valence-corrected chi connectivity index (χ4v) is 4.28. The quantitative estimate of drug-likeness (QED) is 0.694. The Kier molecular flexibility index (Phi) is 4.36. The number of hydrogen-bond acceptors (Lipinski definition) is 1. The summed E-state index contributed by atoms with van der Waals surface area (Å²) >= 11 is 0. The smallest absolute Gasteiger partial charge is 0.126 e. The second kappa shape index (κ2) is 6.06. The number of halogens is 1. The maximum Gasteiger partial charge on any atom is 0.126 e. The number of hydrogen-bond donors (Lipinski definition) is 0. The van der Waals surface area contributed by atoms with E-state index in [2.05, 4.69) is 57.9 Å². The van der Waals surface area contributed by atoms with Crippen LogP contribution < -0.4 is 0 Å². The van der Waals surface area contributed by atoms with Crippen LogP contribution in [0.2, 0.25) is 0 Å². The summed E-state index contributed by atoms with van der Waals surface area (Å²) in [6.07, 6.45) is 2.19. The minimum Gasteiger partial charge on any atom is -0.372 e. The van der Waals surface area contributed by atoms with Crippen LogP contribution in [-0.2, 0) is 6.42 Å². The van der Waals surface area contributed by atoms with Crippen LogP contribution in [0.15, 0.2) is 31.0 Å². The summed E-state index contributed by atoms with van der Waals surface area (Å²) in [4.78, 5) is 2.16. The summed E-state index contributed by atoms with van der Waals surface area (Å²) in [5.41, 5.74) is 7.62. The molecule has 2 aliphatic rings. The summed E-state index contributed by atoms with van der Waals surface area (Å²) in [7, 11) is 0. The third kappa shape index (κ3) is 3.16. The van der Waals surface area contributed by atoms with Gasteiger partial charge in [0.15, 0.2) is 0 Å². The molecule has 1 saturated heterocycles. The molecular formula is C22H30FN. The summed E-state index contributed by atoms with van der Waals surface area (Å²) in [5.74, 6) is -0.0408. The lowest BCUT2D eigenvalue weighted by Crippen LogP contribution is -2.23. The Labute approximate surface area is 146 Å². The zero-order valence-electron chi connectivity index (χ0n) is 15.6. The molecule has 0 amide bonds. The van der Waals surface area contributed by atoms with Gasteiger partial charge in [-0.1, -0.05) is 46.1 Å². The Morgan fingerprint density at radius 3 is 2.62 bits per heavy atom. The van der Waals surface area contributed by atoms with E-state index in [-0.39, 0.29) is 11.3 Å². The average molecular weight is 327 g/mol. The van der Waals surface area contributed by atoms with Crippen molar-refractivity contribution in [3.63, 3.8) is 0 Å². The molecule has 1 fully saturated rings. The molecule has 0 N–H and O–H groups in total. The van der Waals surface area contributed by atoms with E-state index < -0.39 is 6.17 Å². The summed E-state index contributed by atoms with van der Waals surface area (Å²) < 4.78 is 14.8. The molecule has 3 rings (SSSR count). The SMILES string of the molecule is C=C1CCc2c1ccc(C1CN(C(=C)CC(C)(C)C)CC1F)c2C. The van der Waals surface area contributed by atoms with Crippen LogP contribution in [0.3, 0.4) is 0 Å². The van der Waals surface area contributed by atoms with Gasteiger partial charge < -0.3 is 4.90 Å². The number of rotatable bonds is 3. The van der Waals surface area contributed by atoms with Gasteiger partial charge in [0, 0.05) is 24.7 Å². The Bertz CT molecular complexity index is 680. The third-order valence-corrected chi connectivity index (χ3v) is 5.53. The van der Waals surface area contributed by atoms with E-state index in [0.717, 1.165) is 31.5 Å². The third-order valence-electron chi connectivity index (χ3n) is 5.53. The molecule has 2 unspecified atom stereocenters. The molecule has 130 valence electrons. The van der Waals surface area contributed by atoms with E-state index in [0.29, 0.717) is 6.54 Å². The number of likely N-dealkylation sites (tertiary alicyclic amines) is 1. The van der Waals surface area contributed by atoms with Crippen molar-refractivity contribution in [3.8, 4) is 0 Å². The van der Waals surface area contributed by atoms with Gasteiger partial charge in [-0.15, -0.1) is 0 Å². The number of allylic oxidation sites excluding steroid dienone is 2. The van der Waals surface area contributed by atoms with E-state index in [1.807, 2.05) is 0 Å². The zero-order valence-corrected chi connectivity index (χ0v) is 15.6. The minimum atomic E-state index is -0.817. The number of alkyl halides is 1. The van der Waals surface area contributed by atoms with E-state index in [9.17, 15) is 4.39 Å². The molecule has 1 aliphatic heterocycles. The Balaban J connectivity index is 1.82. The predicted octanol–water partition coefficient (Wildman–Crippen LogP) is 5.64. The van der Waals surface area contributed by atoms with E-state index >= 15 is 0 Å².